The maximum atomic E-state index is 5.71. The molecule has 4 heteroatoms. The van der Waals surface area contributed by atoms with Crippen molar-refractivity contribution in [2.45, 2.75) is 6.54 Å². The van der Waals surface area contributed by atoms with Crippen molar-refractivity contribution in [3.05, 3.63) is 29.3 Å². The van der Waals surface area contributed by atoms with Crippen LogP contribution in [0, 0.1) is 0 Å². The highest BCUT2D eigenvalue weighted by atomic mass is 35.5. The Hall–Kier alpha value is -0.470. The average Bonchev–Trinajstić information content (AvgIpc) is 2.20. The summed E-state index contributed by atoms with van der Waals surface area (Å²) in [4.78, 5) is 3.78. The molecular weight excluding hydrogens is 171 g/mol. The van der Waals surface area contributed by atoms with Crippen LogP contribution < -0.4 is 0 Å². The first-order valence-corrected chi connectivity index (χ1v) is 3.48. The van der Waals surface area contributed by atoms with E-state index in [-0.39, 0.29) is 0 Å². The summed E-state index contributed by atoms with van der Waals surface area (Å²) in [5.74, 6) is 0. The molecular formula is C6H6Cl2N2. The van der Waals surface area contributed by atoms with Gasteiger partial charge in [0, 0.05) is 6.54 Å². The Bertz CT molecular complexity index is 242. The summed E-state index contributed by atoms with van der Waals surface area (Å²) >= 11 is 11.3. The van der Waals surface area contributed by atoms with Crippen molar-refractivity contribution in [1.29, 1.82) is 0 Å². The van der Waals surface area contributed by atoms with Crippen molar-refractivity contribution in [3.8, 4) is 0 Å². The zero-order valence-corrected chi connectivity index (χ0v) is 6.73. The van der Waals surface area contributed by atoms with Crippen molar-refractivity contribution in [3.63, 3.8) is 0 Å². The molecule has 0 saturated carbocycles. The van der Waals surface area contributed by atoms with Gasteiger partial charge in [-0.2, -0.15) is 0 Å². The predicted molar refractivity (Wildman–Crippen MR) is 42.4 cm³/mol. The Morgan fingerprint density at radius 2 is 2.40 bits per heavy atom. The van der Waals surface area contributed by atoms with Gasteiger partial charge in [0.25, 0.3) is 0 Å². The number of aromatic nitrogens is 2. The molecule has 0 aliphatic heterocycles. The lowest BCUT2D eigenvalue weighted by atomic mass is 10.6. The molecule has 2 nitrogen and oxygen atoms in total. The van der Waals surface area contributed by atoms with Crippen LogP contribution in [0.3, 0.4) is 0 Å². The van der Waals surface area contributed by atoms with Crippen LogP contribution in [0.25, 0.3) is 0 Å². The third-order valence-corrected chi connectivity index (χ3v) is 1.83. The second-order valence-corrected chi connectivity index (χ2v) is 2.48. The minimum absolute atomic E-state index is 0.337. The first kappa shape index (κ1) is 7.63. The molecule has 1 aromatic rings. The molecule has 1 aromatic heterocycles. The number of rotatable bonds is 2. The average molecular weight is 177 g/mol. The summed E-state index contributed by atoms with van der Waals surface area (Å²) in [6.45, 7) is 4.19. The van der Waals surface area contributed by atoms with Crippen LogP contribution in [0.4, 0.5) is 0 Å². The van der Waals surface area contributed by atoms with E-state index in [0.29, 0.717) is 16.9 Å². The lowest BCUT2D eigenvalue weighted by molar-refractivity contribution is 0.823. The third-order valence-electron chi connectivity index (χ3n) is 1.06. The zero-order chi connectivity index (χ0) is 7.56. The fraction of sp³-hybridized carbons (Fsp3) is 0.167. The zero-order valence-electron chi connectivity index (χ0n) is 5.22. The summed E-state index contributed by atoms with van der Waals surface area (Å²) in [5, 5.41) is 0.796. The molecule has 0 aliphatic carbocycles. The van der Waals surface area contributed by atoms with E-state index in [9.17, 15) is 0 Å². The maximum absolute atomic E-state index is 5.71. The van der Waals surface area contributed by atoms with Crippen molar-refractivity contribution in [2.24, 2.45) is 0 Å². The quantitative estimate of drug-likeness (QED) is 0.634. The van der Waals surface area contributed by atoms with Gasteiger partial charge in [-0.3, -0.25) is 0 Å². The molecule has 10 heavy (non-hydrogen) atoms. The van der Waals surface area contributed by atoms with E-state index >= 15 is 0 Å². The van der Waals surface area contributed by atoms with E-state index in [1.165, 1.54) is 0 Å². The summed E-state index contributed by atoms with van der Waals surface area (Å²) in [6.07, 6.45) is 3.30. The first-order chi connectivity index (χ1) is 4.75. The van der Waals surface area contributed by atoms with Crippen LogP contribution in [-0.2, 0) is 6.54 Å². The van der Waals surface area contributed by atoms with Gasteiger partial charge in [0.2, 0.25) is 0 Å². The Morgan fingerprint density at radius 3 is 2.80 bits per heavy atom. The number of allylic oxidation sites excluding steroid dienone is 1. The largest absolute Gasteiger partial charge is 0.317 e. The number of hydrogen-bond acceptors (Lipinski definition) is 1. The second-order valence-electron chi connectivity index (χ2n) is 1.77. The predicted octanol–water partition coefficient (Wildman–Crippen LogP) is 2.38. The van der Waals surface area contributed by atoms with Gasteiger partial charge in [0.15, 0.2) is 5.15 Å². The van der Waals surface area contributed by atoms with E-state index in [1.54, 1.807) is 17.0 Å². The Balaban J connectivity index is 2.93. The van der Waals surface area contributed by atoms with E-state index in [1.807, 2.05) is 0 Å². The smallest absolute Gasteiger partial charge is 0.166 e. The fourth-order valence-electron chi connectivity index (χ4n) is 0.609. The van der Waals surface area contributed by atoms with Gasteiger partial charge in [-0.15, -0.1) is 6.58 Å². The Kier molecular flexibility index (Phi) is 2.35. The summed E-state index contributed by atoms with van der Waals surface area (Å²) in [5.41, 5.74) is 0. The van der Waals surface area contributed by atoms with Gasteiger partial charge < -0.3 is 4.57 Å². The van der Waals surface area contributed by atoms with Crippen molar-refractivity contribution < 1.29 is 0 Å². The highest BCUT2D eigenvalue weighted by Crippen LogP contribution is 2.18. The Morgan fingerprint density at radius 1 is 1.70 bits per heavy atom. The molecule has 0 bridgehead atoms. The molecule has 0 aromatic carbocycles. The molecule has 0 radical (unpaired) electrons. The van der Waals surface area contributed by atoms with Crippen molar-refractivity contribution in [1.82, 2.24) is 9.55 Å². The standard InChI is InChI=1S/C6H6Cl2N2/c1-2-3-10-4-9-5(7)6(10)8/h2,4H,1,3H2. The van der Waals surface area contributed by atoms with Gasteiger partial charge in [0.1, 0.15) is 5.15 Å². The number of nitrogens with zero attached hydrogens (tertiary/aromatic N) is 2. The molecule has 0 fully saturated rings. The molecule has 1 heterocycles. The van der Waals surface area contributed by atoms with Gasteiger partial charge in [-0.1, -0.05) is 29.3 Å². The maximum Gasteiger partial charge on any atom is 0.166 e. The van der Waals surface area contributed by atoms with Crippen LogP contribution in [0.15, 0.2) is 19.0 Å². The van der Waals surface area contributed by atoms with Crippen molar-refractivity contribution >= 4 is 23.2 Å². The molecule has 54 valence electrons. The molecule has 0 aliphatic rings. The van der Waals surface area contributed by atoms with E-state index in [2.05, 4.69) is 11.6 Å². The molecule has 0 atom stereocenters. The SMILES string of the molecule is C=CCn1cnc(Cl)c1Cl. The van der Waals surface area contributed by atoms with Gasteiger partial charge >= 0.3 is 0 Å². The van der Waals surface area contributed by atoms with Crippen LogP contribution in [-0.4, -0.2) is 9.55 Å². The first-order valence-electron chi connectivity index (χ1n) is 2.72. The minimum Gasteiger partial charge on any atom is -0.317 e. The lowest BCUT2D eigenvalue weighted by Gasteiger charge is -1.95. The highest BCUT2D eigenvalue weighted by Gasteiger charge is 2.02. The highest BCUT2D eigenvalue weighted by molar-refractivity contribution is 6.40. The van der Waals surface area contributed by atoms with Gasteiger partial charge in [0.05, 0.1) is 6.33 Å². The van der Waals surface area contributed by atoms with E-state index in [0.717, 1.165) is 0 Å². The van der Waals surface area contributed by atoms with Gasteiger partial charge in [-0.05, 0) is 0 Å². The van der Waals surface area contributed by atoms with E-state index < -0.39 is 0 Å². The monoisotopic (exact) mass is 176 g/mol. The van der Waals surface area contributed by atoms with Crippen LogP contribution in [0.1, 0.15) is 0 Å². The molecule has 0 amide bonds. The molecule has 0 N–H and O–H groups in total. The van der Waals surface area contributed by atoms with Crippen molar-refractivity contribution in [2.75, 3.05) is 0 Å². The topological polar surface area (TPSA) is 17.8 Å². The Labute approximate surface area is 69.1 Å². The van der Waals surface area contributed by atoms with Gasteiger partial charge in [-0.25, -0.2) is 4.98 Å². The minimum atomic E-state index is 0.337. The summed E-state index contributed by atoms with van der Waals surface area (Å²) in [6, 6.07) is 0. The molecule has 0 spiro atoms. The van der Waals surface area contributed by atoms with Crippen LogP contribution in [0.2, 0.25) is 10.3 Å². The second kappa shape index (κ2) is 3.08. The molecule has 0 saturated heterocycles. The fourth-order valence-corrected chi connectivity index (χ4v) is 0.923. The number of hydrogen-bond donors (Lipinski definition) is 0. The van der Waals surface area contributed by atoms with Crippen LogP contribution >= 0.6 is 23.2 Å². The lowest BCUT2D eigenvalue weighted by Crippen LogP contribution is -1.91. The van der Waals surface area contributed by atoms with E-state index in [4.69, 9.17) is 23.2 Å². The summed E-state index contributed by atoms with van der Waals surface area (Å²) < 4.78 is 1.71. The summed E-state index contributed by atoms with van der Waals surface area (Å²) in [7, 11) is 0. The number of halogens is 2. The normalized spacial score (nSPS) is 9.80. The third kappa shape index (κ3) is 1.33. The molecule has 1 rings (SSSR count). The molecule has 0 unspecified atom stereocenters. The van der Waals surface area contributed by atoms with Crippen LogP contribution in [0.5, 0.6) is 0 Å². The number of imidazole rings is 1.